The summed E-state index contributed by atoms with van der Waals surface area (Å²) >= 11 is 0. The summed E-state index contributed by atoms with van der Waals surface area (Å²) in [6.45, 7) is 0.335. The third-order valence-electron chi connectivity index (χ3n) is 5.16. The maximum absolute atomic E-state index is 13.0. The first kappa shape index (κ1) is 20.2. The van der Waals surface area contributed by atoms with Crippen molar-refractivity contribution in [2.24, 2.45) is 0 Å². The second-order valence-electron chi connectivity index (χ2n) is 7.17. The highest BCUT2D eigenvalue weighted by molar-refractivity contribution is 6.01. The average Bonchev–Trinajstić information content (AvgIpc) is 3.48. The lowest BCUT2D eigenvalue weighted by Gasteiger charge is -2.14. The number of hydrogen-bond acceptors (Lipinski definition) is 5. The van der Waals surface area contributed by atoms with Crippen LogP contribution in [-0.4, -0.2) is 33.7 Å². The maximum atomic E-state index is 13.0. The van der Waals surface area contributed by atoms with Gasteiger partial charge in [0.1, 0.15) is 11.4 Å². The molecule has 0 aliphatic heterocycles. The topological polar surface area (TPSA) is 128 Å². The number of furan rings is 1. The van der Waals surface area contributed by atoms with Crippen LogP contribution in [0.2, 0.25) is 0 Å². The predicted molar refractivity (Wildman–Crippen MR) is 113 cm³/mol. The van der Waals surface area contributed by atoms with E-state index in [0.29, 0.717) is 36.2 Å². The number of allylic oxidation sites excluding steroid dienone is 2. The van der Waals surface area contributed by atoms with Crippen molar-refractivity contribution in [2.75, 3.05) is 6.54 Å². The second-order valence-corrected chi connectivity index (χ2v) is 7.17. The van der Waals surface area contributed by atoms with Gasteiger partial charge in [0.25, 0.3) is 11.8 Å². The molecule has 0 fully saturated rings. The Morgan fingerprint density at radius 2 is 1.84 bits per heavy atom. The molecule has 4 rings (SSSR count). The third-order valence-corrected chi connectivity index (χ3v) is 5.16. The normalized spacial score (nSPS) is 13.3. The predicted octanol–water partition coefficient (Wildman–Crippen LogP) is 3.53. The molecule has 31 heavy (non-hydrogen) atoms. The second kappa shape index (κ2) is 8.76. The van der Waals surface area contributed by atoms with Gasteiger partial charge in [-0.15, -0.1) is 0 Å². The van der Waals surface area contributed by atoms with Gasteiger partial charge in [0.15, 0.2) is 0 Å². The summed E-state index contributed by atoms with van der Waals surface area (Å²) in [6.07, 6.45) is 7.64. The molecule has 0 spiro atoms. The number of hydroxylamine groups is 1. The number of nitrogens with one attached hydrogen (secondary N) is 3. The van der Waals surface area contributed by atoms with Gasteiger partial charge in [0.2, 0.25) is 0 Å². The number of aromatic nitrogens is 1. The number of aromatic hydroxyl groups is 1. The first-order chi connectivity index (χ1) is 15.0. The molecule has 0 saturated heterocycles. The van der Waals surface area contributed by atoms with Gasteiger partial charge >= 0.3 is 0 Å². The highest BCUT2D eigenvalue weighted by Crippen LogP contribution is 2.31. The molecule has 0 unspecified atom stereocenters. The molecule has 8 heteroatoms. The van der Waals surface area contributed by atoms with E-state index in [1.54, 1.807) is 60.5 Å². The summed E-state index contributed by atoms with van der Waals surface area (Å²) in [5, 5.41) is 21.2. The molecular weight excluding hydrogens is 398 g/mol. The van der Waals surface area contributed by atoms with Crippen LogP contribution >= 0.6 is 0 Å². The number of phenols is 1. The number of hydrogen-bond donors (Lipinski definition) is 5. The van der Waals surface area contributed by atoms with Crippen LogP contribution in [0.15, 0.2) is 76.6 Å². The van der Waals surface area contributed by atoms with E-state index in [0.717, 1.165) is 22.4 Å². The van der Waals surface area contributed by atoms with Gasteiger partial charge in [-0.2, -0.15) is 0 Å². The zero-order valence-corrected chi connectivity index (χ0v) is 16.5. The van der Waals surface area contributed by atoms with Gasteiger partial charge in [-0.1, -0.05) is 17.7 Å². The summed E-state index contributed by atoms with van der Waals surface area (Å²) in [6, 6.07) is 10.4. The standard InChI is InChI=1S/C23H21N3O5/c27-18-7-5-15(6-8-18)20-11-19(17-9-10-31-13-17)21(25-20)23(29)24-12-14-1-3-16(4-2-14)22(28)26-30/h1,3,5-11,13,25,27,30H,2,4,12H2,(H,24,29)(H,26,28). The lowest BCUT2D eigenvalue weighted by atomic mass is 9.98. The van der Waals surface area contributed by atoms with Gasteiger partial charge in [0.05, 0.1) is 12.5 Å². The average molecular weight is 419 g/mol. The van der Waals surface area contributed by atoms with Crippen LogP contribution in [0.25, 0.3) is 22.4 Å². The molecule has 8 nitrogen and oxygen atoms in total. The van der Waals surface area contributed by atoms with Crippen molar-refractivity contribution in [3.63, 3.8) is 0 Å². The van der Waals surface area contributed by atoms with E-state index in [4.69, 9.17) is 9.62 Å². The van der Waals surface area contributed by atoms with E-state index in [1.165, 1.54) is 0 Å². The van der Waals surface area contributed by atoms with E-state index in [2.05, 4.69) is 10.3 Å². The number of carbonyl (C=O) groups excluding carboxylic acids is 2. The number of benzene rings is 1. The van der Waals surface area contributed by atoms with Crippen LogP contribution in [0.1, 0.15) is 23.3 Å². The molecule has 1 aliphatic carbocycles. The van der Waals surface area contributed by atoms with Crippen LogP contribution in [0.3, 0.4) is 0 Å². The van der Waals surface area contributed by atoms with Gasteiger partial charge in [-0.25, -0.2) is 5.48 Å². The van der Waals surface area contributed by atoms with Crippen molar-refractivity contribution in [3.05, 3.63) is 77.9 Å². The van der Waals surface area contributed by atoms with Crippen LogP contribution in [0.4, 0.5) is 0 Å². The van der Waals surface area contributed by atoms with Gasteiger partial charge in [-0.3, -0.25) is 14.8 Å². The Morgan fingerprint density at radius 3 is 2.48 bits per heavy atom. The first-order valence-corrected chi connectivity index (χ1v) is 9.71. The Labute approximate surface area is 177 Å². The molecule has 0 radical (unpaired) electrons. The molecule has 2 aromatic heterocycles. The highest BCUT2D eigenvalue weighted by Gasteiger charge is 2.19. The van der Waals surface area contributed by atoms with Crippen molar-refractivity contribution in [3.8, 4) is 28.1 Å². The SMILES string of the molecule is O=C(NO)C1=CC=C(CNC(=O)c2[nH]c(-c3ccc(O)cc3)cc2-c2ccoc2)CC1. The molecule has 3 aromatic rings. The van der Waals surface area contributed by atoms with Crippen molar-refractivity contribution in [2.45, 2.75) is 12.8 Å². The quantitative estimate of drug-likeness (QED) is 0.308. The van der Waals surface area contributed by atoms with Gasteiger partial charge in [-0.05, 0) is 54.8 Å². The summed E-state index contributed by atoms with van der Waals surface area (Å²) in [5.41, 5.74) is 6.53. The lowest BCUT2D eigenvalue weighted by molar-refractivity contribution is -0.125. The van der Waals surface area contributed by atoms with E-state index >= 15 is 0 Å². The number of carbonyl (C=O) groups is 2. The van der Waals surface area contributed by atoms with E-state index in [9.17, 15) is 14.7 Å². The minimum atomic E-state index is -0.516. The number of aromatic amines is 1. The molecule has 5 N–H and O–H groups in total. The summed E-state index contributed by atoms with van der Waals surface area (Å²) in [5.74, 6) is -0.625. The number of H-pyrrole nitrogens is 1. The van der Waals surface area contributed by atoms with Crippen LogP contribution in [-0.2, 0) is 4.79 Å². The van der Waals surface area contributed by atoms with E-state index in [1.807, 2.05) is 6.07 Å². The maximum Gasteiger partial charge on any atom is 0.270 e. The van der Waals surface area contributed by atoms with Crippen molar-refractivity contribution in [1.29, 1.82) is 0 Å². The Hall–Kier alpha value is -4.04. The molecule has 158 valence electrons. The Bertz CT molecular complexity index is 1150. The number of rotatable bonds is 6. The summed E-state index contributed by atoms with van der Waals surface area (Å²) in [4.78, 5) is 27.6. The molecule has 1 aliphatic rings. The molecule has 2 heterocycles. The van der Waals surface area contributed by atoms with E-state index < -0.39 is 5.91 Å². The largest absolute Gasteiger partial charge is 0.508 e. The fourth-order valence-corrected chi connectivity index (χ4v) is 3.45. The highest BCUT2D eigenvalue weighted by atomic mass is 16.5. The number of amides is 2. The van der Waals surface area contributed by atoms with E-state index in [-0.39, 0.29) is 11.7 Å². The zero-order valence-electron chi connectivity index (χ0n) is 16.5. The van der Waals surface area contributed by atoms with Gasteiger partial charge < -0.3 is 19.8 Å². The Balaban J connectivity index is 1.55. The lowest BCUT2D eigenvalue weighted by Crippen LogP contribution is -2.27. The summed E-state index contributed by atoms with van der Waals surface area (Å²) < 4.78 is 5.18. The van der Waals surface area contributed by atoms with Crippen LogP contribution in [0, 0.1) is 0 Å². The fourth-order valence-electron chi connectivity index (χ4n) is 3.45. The molecular formula is C23H21N3O5. The van der Waals surface area contributed by atoms with Gasteiger partial charge in [0, 0.05) is 28.9 Å². The Morgan fingerprint density at radius 1 is 1.03 bits per heavy atom. The number of phenolic OH excluding ortho intramolecular Hbond substituents is 1. The molecule has 0 saturated carbocycles. The van der Waals surface area contributed by atoms with Crippen molar-refractivity contribution >= 4 is 11.8 Å². The molecule has 2 amide bonds. The minimum Gasteiger partial charge on any atom is -0.508 e. The Kier molecular flexibility index (Phi) is 5.72. The van der Waals surface area contributed by atoms with Crippen LogP contribution in [0.5, 0.6) is 5.75 Å². The monoisotopic (exact) mass is 419 g/mol. The van der Waals surface area contributed by atoms with Crippen molar-refractivity contribution in [1.82, 2.24) is 15.8 Å². The summed E-state index contributed by atoms with van der Waals surface area (Å²) in [7, 11) is 0. The first-order valence-electron chi connectivity index (χ1n) is 9.71. The van der Waals surface area contributed by atoms with Crippen molar-refractivity contribution < 1.29 is 24.3 Å². The smallest absolute Gasteiger partial charge is 0.270 e. The van der Waals surface area contributed by atoms with Crippen LogP contribution < -0.4 is 10.8 Å². The molecule has 0 bridgehead atoms. The minimum absolute atomic E-state index is 0.165. The molecule has 1 aromatic carbocycles. The fraction of sp³-hybridized carbons (Fsp3) is 0.130. The zero-order chi connectivity index (χ0) is 21.8. The molecule has 0 atom stereocenters. The third kappa shape index (κ3) is 4.44.